The molecule has 1 rings (SSSR count). The van der Waals surface area contributed by atoms with Crippen molar-refractivity contribution in [1.82, 2.24) is 0 Å². The van der Waals surface area contributed by atoms with Crippen molar-refractivity contribution in [2.45, 2.75) is 0 Å². The number of hydrogen-bond donors (Lipinski definition) is 1. The van der Waals surface area contributed by atoms with Gasteiger partial charge < -0.3 is 0 Å². The highest BCUT2D eigenvalue weighted by molar-refractivity contribution is 6.69. The number of isocyanates is 1. The molecule has 15 heavy (non-hydrogen) atoms. The van der Waals surface area contributed by atoms with Gasteiger partial charge in [-0.1, -0.05) is 18.2 Å². The summed E-state index contributed by atoms with van der Waals surface area (Å²) >= 11 is 10.4. The number of nitrogens with one attached hydrogen (secondary N) is 1. The minimum atomic E-state index is -0.602. The lowest BCUT2D eigenvalue weighted by Crippen LogP contribution is -1.93. The van der Waals surface area contributed by atoms with Crippen molar-refractivity contribution in [2.24, 2.45) is 0 Å². The summed E-state index contributed by atoms with van der Waals surface area (Å²) in [6.07, 6.45) is 0.750. The molecule has 0 unspecified atom stereocenters. The van der Waals surface area contributed by atoms with Crippen molar-refractivity contribution in [3.8, 4) is 0 Å². The van der Waals surface area contributed by atoms with E-state index in [1.54, 1.807) is 6.07 Å². The summed E-state index contributed by atoms with van der Waals surface area (Å²) in [5, 5.41) is 4.20. The normalized spacial score (nSPS) is 8.13. The van der Waals surface area contributed by atoms with Crippen LogP contribution in [-0.2, 0) is 4.79 Å². The molecule has 0 atom stereocenters. The second-order valence-electron chi connectivity index (χ2n) is 2.23. The average molecular weight is 246 g/mol. The second-order valence-corrected chi connectivity index (χ2v) is 2.92. The molecule has 0 saturated heterocycles. The summed E-state index contributed by atoms with van der Waals surface area (Å²) in [4.78, 5) is 29.6. The Bertz CT molecular complexity index is 382. The van der Waals surface area contributed by atoms with Crippen LogP contribution in [-0.4, -0.2) is 16.6 Å². The third kappa shape index (κ3) is 5.08. The van der Waals surface area contributed by atoms with E-state index in [1.165, 1.54) is 18.2 Å². The predicted octanol–water partition coefficient (Wildman–Crippen LogP) is 2.35. The zero-order valence-electron chi connectivity index (χ0n) is 7.29. The van der Waals surface area contributed by atoms with Gasteiger partial charge in [0.1, 0.15) is 0 Å². The summed E-state index contributed by atoms with van der Waals surface area (Å²) in [5.41, 5.74) is 0.534. The van der Waals surface area contributed by atoms with Gasteiger partial charge in [-0.2, -0.15) is 0 Å². The third-order valence-electron chi connectivity index (χ3n) is 1.32. The number of carbonyl (C=O) groups excluding carboxylic acids is 3. The van der Waals surface area contributed by atoms with E-state index in [9.17, 15) is 9.59 Å². The van der Waals surface area contributed by atoms with Crippen LogP contribution in [0.5, 0.6) is 0 Å². The van der Waals surface area contributed by atoms with Crippen molar-refractivity contribution in [3.63, 3.8) is 0 Å². The molecule has 0 aliphatic heterocycles. The number of halogens is 2. The van der Waals surface area contributed by atoms with E-state index in [0.717, 1.165) is 6.08 Å². The van der Waals surface area contributed by atoms with E-state index in [2.05, 4.69) is 0 Å². The Morgan fingerprint density at radius 2 is 1.47 bits per heavy atom. The van der Waals surface area contributed by atoms with Gasteiger partial charge in [-0.3, -0.25) is 9.59 Å². The second kappa shape index (κ2) is 6.90. The fourth-order valence-corrected chi connectivity index (χ4v) is 0.999. The fourth-order valence-electron chi connectivity index (χ4n) is 0.764. The van der Waals surface area contributed by atoms with E-state index in [1.807, 2.05) is 0 Å². The van der Waals surface area contributed by atoms with E-state index >= 15 is 0 Å². The maximum Gasteiger partial charge on any atom is 0.252 e. The van der Waals surface area contributed by atoms with Crippen LogP contribution in [0.1, 0.15) is 20.7 Å². The Morgan fingerprint density at radius 3 is 1.73 bits per heavy atom. The van der Waals surface area contributed by atoms with Crippen LogP contribution in [0.3, 0.4) is 0 Å². The third-order valence-corrected chi connectivity index (χ3v) is 1.75. The van der Waals surface area contributed by atoms with Crippen LogP contribution < -0.4 is 0 Å². The summed E-state index contributed by atoms with van der Waals surface area (Å²) in [6.45, 7) is 0. The Labute approximate surface area is 95.3 Å². The lowest BCUT2D eigenvalue weighted by molar-refractivity contribution is 0.108. The maximum atomic E-state index is 10.6. The van der Waals surface area contributed by atoms with Gasteiger partial charge in [0.2, 0.25) is 6.08 Å². The van der Waals surface area contributed by atoms with Gasteiger partial charge in [-0.15, -0.1) is 0 Å². The molecule has 1 aromatic carbocycles. The topological polar surface area (TPSA) is 75.1 Å². The SMILES string of the molecule is N=C=O.O=C(Cl)c1cccc(C(=O)Cl)c1. The molecule has 0 heterocycles. The van der Waals surface area contributed by atoms with Crippen molar-refractivity contribution in [1.29, 1.82) is 5.41 Å². The molecular weight excluding hydrogens is 241 g/mol. The first-order chi connectivity index (χ1) is 7.02. The van der Waals surface area contributed by atoms with Crippen LogP contribution in [0, 0.1) is 5.41 Å². The van der Waals surface area contributed by atoms with Crippen molar-refractivity contribution >= 4 is 39.8 Å². The summed E-state index contributed by atoms with van der Waals surface area (Å²) in [5.74, 6) is 0. The molecule has 0 spiro atoms. The molecule has 0 fully saturated rings. The minimum absolute atomic E-state index is 0.267. The Hall–Kier alpha value is -1.48. The van der Waals surface area contributed by atoms with E-state index < -0.39 is 10.5 Å². The molecule has 0 aliphatic rings. The number of rotatable bonds is 2. The van der Waals surface area contributed by atoms with Crippen LogP contribution in [0.4, 0.5) is 0 Å². The predicted molar refractivity (Wildman–Crippen MR) is 55.2 cm³/mol. The summed E-state index contributed by atoms with van der Waals surface area (Å²) in [6, 6.07) is 5.92. The first-order valence-electron chi connectivity index (χ1n) is 3.56. The Kier molecular flexibility index (Phi) is 6.22. The van der Waals surface area contributed by atoms with Crippen molar-refractivity contribution in [3.05, 3.63) is 35.4 Å². The molecule has 0 saturated carbocycles. The number of hydrogen-bond acceptors (Lipinski definition) is 4. The smallest absolute Gasteiger partial charge is 0.252 e. The molecule has 0 amide bonds. The molecule has 0 aliphatic carbocycles. The summed E-state index contributed by atoms with van der Waals surface area (Å²) in [7, 11) is 0. The van der Waals surface area contributed by atoms with E-state index in [0.29, 0.717) is 0 Å². The number of carbonyl (C=O) groups is 2. The first-order valence-corrected chi connectivity index (χ1v) is 4.32. The van der Waals surface area contributed by atoms with Gasteiger partial charge in [0.15, 0.2) is 0 Å². The standard InChI is InChI=1S/C8H4Cl2O2.CHNO/c9-7(11)5-2-1-3-6(4-5)8(10)12;2-1-3/h1-4H;2H. The fraction of sp³-hybridized carbons (Fsp3) is 0. The molecule has 4 nitrogen and oxygen atoms in total. The zero-order chi connectivity index (χ0) is 11.8. The minimum Gasteiger partial charge on any atom is -0.276 e. The van der Waals surface area contributed by atoms with Crippen molar-refractivity contribution in [2.75, 3.05) is 0 Å². The lowest BCUT2D eigenvalue weighted by Gasteiger charge is -1.95. The summed E-state index contributed by atoms with van der Waals surface area (Å²) < 4.78 is 0. The van der Waals surface area contributed by atoms with Gasteiger partial charge in [-0.25, -0.2) is 10.2 Å². The van der Waals surface area contributed by atoms with Crippen LogP contribution >= 0.6 is 23.2 Å². The van der Waals surface area contributed by atoms with Gasteiger partial charge >= 0.3 is 0 Å². The molecule has 0 aromatic heterocycles. The lowest BCUT2D eigenvalue weighted by atomic mass is 10.1. The van der Waals surface area contributed by atoms with E-state index in [4.69, 9.17) is 33.4 Å². The zero-order valence-corrected chi connectivity index (χ0v) is 8.80. The highest BCUT2D eigenvalue weighted by Gasteiger charge is 2.05. The van der Waals surface area contributed by atoms with Gasteiger partial charge in [-0.05, 0) is 29.3 Å². The molecule has 0 bridgehead atoms. The van der Waals surface area contributed by atoms with Gasteiger partial charge in [0, 0.05) is 11.1 Å². The Balaban J connectivity index is 0.000000583. The molecule has 0 radical (unpaired) electrons. The molecule has 1 N–H and O–H groups in total. The van der Waals surface area contributed by atoms with Crippen LogP contribution in [0.15, 0.2) is 24.3 Å². The quantitative estimate of drug-likeness (QED) is 0.494. The highest BCUT2D eigenvalue weighted by atomic mass is 35.5. The molecular formula is C9H5Cl2NO3. The van der Waals surface area contributed by atoms with Crippen LogP contribution in [0.25, 0.3) is 0 Å². The van der Waals surface area contributed by atoms with Crippen LogP contribution in [0.2, 0.25) is 0 Å². The van der Waals surface area contributed by atoms with Crippen molar-refractivity contribution < 1.29 is 14.4 Å². The monoisotopic (exact) mass is 245 g/mol. The highest BCUT2D eigenvalue weighted by Crippen LogP contribution is 2.09. The van der Waals surface area contributed by atoms with Gasteiger partial charge in [0.25, 0.3) is 10.5 Å². The maximum absolute atomic E-state index is 10.6. The Morgan fingerprint density at radius 1 is 1.13 bits per heavy atom. The largest absolute Gasteiger partial charge is 0.276 e. The number of benzene rings is 1. The molecule has 6 heteroatoms. The first kappa shape index (κ1) is 13.5. The molecule has 1 aromatic rings. The average Bonchev–Trinajstić information content (AvgIpc) is 2.19. The van der Waals surface area contributed by atoms with E-state index in [-0.39, 0.29) is 11.1 Å². The van der Waals surface area contributed by atoms with Gasteiger partial charge in [0.05, 0.1) is 0 Å². The molecule has 78 valence electrons.